The van der Waals surface area contributed by atoms with Gasteiger partial charge in [-0.1, -0.05) is 11.6 Å². The highest BCUT2D eigenvalue weighted by molar-refractivity contribution is 5.04. The van der Waals surface area contributed by atoms with Crippen molar-refractivity contribution in [2.75, 3.05) is 13.2 Å². The van der Waals surface area contributed by atoms with E-state index in [1.165, 1.54) is 6.42 Å². The molecule has 1 aromatic rings. The first-order valence-electron chi connectivity index (χ1n) is 5.94. The number of hydrogen-bond acceptors (Lipinski definition) is 5. The Bertz CT molecular complexity index is 362. The standard InChI is InChI=1S/C11H16N2O3/c14-9-4-5-15-6-8(9)11-12-10(13-16-11)7-2-1-3-7/h7-9,14H,1-6H2. The molecule has 2 atom stereocenters. The second-order valence-corrected chi connectivity index (χ2v) is 4.66. The van der Waals surface area contributed by atoms with Crippen LogP contribution in [0.4, 0.5) is 0 Å². The van der Waals surface area contributed by atoms with Crippen molar-refractivity contribution in [2.24, 2.45) is 0 Å². The van der Waals surface area contributed by atoms with Crippen molar-refractivity contribution in [3.8, 4) is 0 Å². The minimum atomic E-state index is -0.413. The van der Waals surface area contributed by atoms with Gasteiger partial charge in [0, 0.05) is 12.5 Å². The topological polar surface area (TPSA) is 68.4 Å². The molecular formula is C11H16N2O3. The highest BCUT2D eigenvalue weighted by atomic mass is 16.5. The Balaban J connectivity index is 1.75. The van der Waals surface area contributed by atoms with E-state index in [0.717, 1.165) is 18.7 Å². The molecule has 16 heavy (non-hydrogen) atoms. The molecule has 3 rings (SSSR count). The zero-order valence-electron chi connectivity index (χ0n) is 9.13. The molecule has 2 fully saturated rings. The summed E-state index contributed by atoms with van der Waals surface area (Å²) in [7, 11) is 0. The molecule has 1 aromatic heterocycles. The van der Waals surface area contributed by atoms with Gasteiger partial charge in [-0.2, -0.15) is 4.98 Å². The first kappa shape index (κ1) is 10.2. The van der Waals surface area contributed by atoms with E-state index in [0.29, 0.717) is 31.4 Å². The van der Waals surface area contributed by atoms with Gasteiger partial charge in [0.25, 0.3) is 0 Å². The van der Waals surface area contributed by atoms with Crippen molar-refractivity contribution >= 4 is 0 Å². The Morgan fingerprint density at radius 3 is 2.81 bits per heavy atom. The molecule has 5 nitrogen and oxygen atoms in total. The SMILES string of the molecule is OC1CCOCC1c1nc(C2CCC2)no1. The summed E-state index contributed by atoms with van der Waals surface area (Å²) in [6.45, 7) is 1.09. The summed E-state index contributed by atoms with van der Waals surface area (Å²) in [6, 6.07) is 0. The summed E-state index contributed by atoms with van der Waals surface area (Å²) in [5.41, 5.74) is 0. The van der Waals surface area contributed by atoms with Gasteiger partial charge in [-0.05, 0) is 19.3 Å². The molecular weight excluding hydrogens is 208 g/mol. The van der Waals surface area contributed by atoms with Crippen LogP contribution >= 0.6 is 0 Å². The van der Waals surface area contributed by atoms with E-state index < -0.39 is 6.10 Å². The van der Waals surface area contributed by atoms with Crippen LogP contribution in [0.1, 0.15) is 49.2 Å². The van der Waals surface area contributed by atoms with E-state index in [1.54, 1.807) is 0 Å². The Hall–Kier alpha value is -0.940. The predicted molar refractivity (Wildman–Crippen MR) is 55.1 cm³/mol. The van der Waals surface area contributed by atoms with Crippen molar-refractivity contribution in [2.45, 2.75) is 43.6 Å². The molecule has 1 aliphatic heterocycles. The van der Waals surface area contributed by atoms with E-state index >= 15 is 0 Å². The lowest BCUT2D eigenvalue weighted by atomic mass is 9.85. The van der Waals surface area contributed by atoms with Gasteiger partial charge in [-0.3, -0.25) is 0 Å². The van der Waals surface area contributed by atoms with Gasteiger partial charge >= 0.3 is 0 Å². The average molecular weight is 224 g/mol. The van der Waals surface area contributed by atoms with Gasteiger partial charge in [0.1, 0.15) is 0 Å². The predicted octanol–water partition coefficient (Wildman–Crippen LogP) is 1.20. The van der Waals surface area contributed by atoms with E-state index in [4.69, 9.17) is 9.26 Å². The van der Waals surface area contributed by atoms with Crippen LogP contribution < -0.4 is 0 Å². The highest BCUT2D eigenvalue weighted by Crippen LogP contribution is 2.35. The Labute approximate surface area is 93.8 Å². The highest BCUT2D eigenvalue weighted by Gasteiger charge is 2.32. The number of aliphatic hydroxyl groups excluding tert-OH is 1. The largest absolute Gasteiger partial charge is 0.392 e. The fourth-order valence-electron chi connectivity index (χ4n) is 2.19. The normalized spacial score (nSPS) is 31.3. The molecule has 2 aliphatic rings. The van der Waals surface area contributed by atoms with Crippen LogP contribution in [0.3, 0.4) is 0 Å². The smallest absolute Gasteiger partial charge is 0.234 e. The van der Waals surface area contributed by atoms with Crippen LogP contribution in [0, 0.1) is 0 Å². The molecule has 0 radical (unpaired) electrons. The lowest BCUT2D eigenvalue weighted by Gasteiger charge is -2.24. The minimum Gasteiger partial charge on any atom is -0.392 e. The summed E-state index contributed by atoms with van der Waals surface area (Å²) in [6.07, 6.45) is 3.80. The van der Waals surface area contributed by atoms with Gasteiger partial charge in [-0.25, -0.2) is 0 Å². The second-order valence-electron chi connectivity index (χ2n) is 4.66. The fourth-order valence-corrected chi connectivity index (χ4v) is 2.19. The van der Waals surface area contributed by atoms with E-state index in [2.05, 4.69) is 10.1 Å². The number of hydrogen-bond donors (Lipinski definition) is 1. The number of nitrogens with zero attached hydrogens (tertiary/aromatic N) is 2. The van der Waals surface area contributed by atoms with Crippen molar-refractivity contribution in [1.82, 2.24) is 10.1 Å². The van der Waals surface area contributed by atoms with Crippen LogP contribution in [0.5, 0.6) is 0 Å². The lowest BCUT2D eigenvalue weighted by Crippen LogP contribution is -2.30. The first-order chi connectivity index (χ1) is 7.84. The van der Waals surface area contributed by atoms with Gasteiger partial charge in [0.15, 0.2) is 5.82 Å². The van der Waals surface area contributed by atoms with E-state index in [1.807, 2.05) is 0 Å². The maximum Gasteiger partial charge on any atom is 0.234 e. The van der Waals surface area contributed by atoms with E-state index in [9.17, 15) is 5.11 Å². The van der Waals surface area contributed by atoms with Gasteiger partial charge in [0.2, 0.25) is 5.89 Å². The summed E-state index contributed by atoms with van der Waals surface area (Å²) in [4.78, 5) is 4.39. The zero-order chi connectivity index (χ0) is 11.0. The third-order valence-electron chi connectivity index (χ3n) is 3.56. The Kier molecular flexibility index (Phi) is 2.65. The van der Waals surface area contributed by atoms with Crippen molar-refractivity contribution in [3.63, 3.8) is 0 Å². The fraction of sp³-hybridized carbons (Fsp3) is 0.818. The number of ether oxygens (including phenoxy) is 1. The number of rotatable bonds is 2. The summed E-state index contributed by atoms with van der Waals surface area (Å²) < 4.78 is 10.6. The maximum absolute atomic E-state index is 9.83. The minimum absolute atomic E-state index is 0.143. The van der Waals surface area contributed by atoms with Crippen LogP contribution in [-0.4, -0.2) is 34.6 Å². The molecule has 2 unspecified atom stereocenters. The van der Waals surface area contributed by atoms with Crippen molar-refractivity contribution in [1.29, 1.82) is 0 Å². The second kappa shape index (κ2) is 4.14. The van der Waals surface area contributed by atoms with Gasteiger partial charge in [-0.15, -0.1) is 0 Å². The summed E-state index contributed by atoms with van der Waals surface area (Å²) in [5.74, 6) is 1.67. The maximum atomic E-state index is 9.83. The van der Waals surface area contributed by atoms with Crippen molar-refractivity contribution in [3.05, 3.63) is 11.7 Å². The molecule has 1 N–H and O–H groups in total. The molecule has 0 amide bonds. The lowest BCUT2D eigenvalue weighted by molar-refractivity contribution is -0.0149. The molecule has 5 heteroatoms. The third kappa shape index (κ3) is 1.74. The monoisotopic (exact) mass is 224 g/mol. The number of aliphatic hydroxyl groups is 1. The van der Waals surface area contributed by atoms with Crippen LogP contribution in [-0.2, 0) is 4.74 Å². The zero-order valence-corrected chi connectivity index (χ0v) is 9.13. The van der Waals surface area contributed by atoms with Gasteiger partial charge < -0.3 is 14.4 Å². The first-order valence-corrected chi connectivity index (χ1v) is 5.94. The summed E-state index contributed by atoms with van der Waals surface area (Å²) >= 11 is 0. The molecule has 1 aliphatic carbocycles. The average Bonchev–Trinajstić information content (AvgIpc) is 2.65. The quantitative estimate of drug-likeness (QED) is 0.817. The van der Waals surface area contributed by atoms with Crippen LogP contribution in [0.2, 0.25) is 0 Å². The number of aromatic nitrogens is 2. The van der Waals surface area contributed by atoms with Crippen LogP contribution in [0.15, 0.2) is 4.52 Å². The molecule has 0 spiro atoms. The molecule has 1 saturated carbocycles. The molecule has 0 bridgehead atoms. The summed E-state index contributed by atoms with van der Waals surface area (Å²) in [5, 5.41) is 13.8. The molecule has 88 valence electrons. The molecule has 1 saturated heterocycles. The Morgan fingerprint density at radius 1 is 1.25 bits per heavy atom. The van der Waals surface area contributed by atoms with Crippen LogP contribution in [0.25, 0.3) is 0 Å². The van der Waals surface area contributed by atoms with Crippen molar-refractivity contribution < 1.29 is 14.4 Å². The third-order valence-corrected chi connectivity index (χ3v) is 3.56. The molecule has 0 aromatic carbocycles. The Morgan fingerprint density at radius 2 is 2.12 bits per heavy atom. The van der Waals surface area contributed by atoms with Gasteiger partial charge in [0.05, 0.1) is 18.6 Å². The molecule has 2 heterocycles. The van der Waals surface area contributed by atoms with E-state index in [-0.39, 0.29) is 5.92 Å².